The van der Waals surface area contributed by atoms with Crippen molar-refractivity contribution in [1.82, 2.24) is 15.5 Å². The summed E-state index contributed by atoms with van der Waals surface area (Å²) < 4.78 is 5.89. The molecule has 27 heavy (non-hydrogen) atoms. The summed E-state index contributed by atoms with van der Waals surface area (Å²) in [5, 5.41) is 17.0. The number of furan rings is 1. The van der Waals surface area contributed by atoms with E-state index in [0.717, 1.165) is 0 Å². The average molecular weight is 403 g/mol. The SMILES string of the molecule is CNc1nnc(SCC(=O)Nc2ccccc2C(=O)NCc2ccco2)s1. The zero-order valence-electron chi connectivity index (χ0n) is 14.4. The molecule has 0 aliphatic carbocycles. The fraction of sp³-hybridized carbons (Fsp3) is 0.176. The van der Waals surface area contributed by atoms with Crippen molar-refractivity contribution in [1.29, 1.82) is 0 Å². The Morgan fingerprint density at radius 3 is 2.78 bits per heavy atom. The number of carbonyl (C=O) groups excluding carboxylic acids is 2. The number of carbonyl (C=O) groups is 2. The van der Waals surface area contributed by atoms with Crippen LogP contribution in [-0.4, -0.2) is 34.8 Å². The van der Waals surface area contributed by atoms with Crippen LogP contribution in [0.2, 0.25) is 0 Å². The van der Waals surface area contributed by atoms with Crippen LogP contribution >= 0.6 is 23.1 Å². The van der Waals surface area contributed by atoms with E-state index < -0.39 is 0 Å². The Hall–Kier alpha value is -2.85. The Bertz CT molecular complexity index is 911. The molecule has 0 bridgehead atoms. The smallest absolute Gasteiger partial charge is 0.253 e. The molecule has 0 aliphatic rings. The van der Waals surface area contributed by atoms with Gasteiger partial charge in [0.25, 0.3) is 5.91 Å². The van der Waals surface area contributed by atoms with Crippen molar-refractivity contribution < 1.29 is 14.0 Å². The highest BCUT2D eigenvalue weighted by atomic mass is 32.2. The number of thioether (sulfide) groups is 1. The van der Waals surface area contributed by atoms with Crippen LogP contribution in [0.5, 0.6) is 0 Å². The quantitative estimate of drug-likeness (QED) is 0.496. The van der Waals surface area contributed by atoms with E-state index in [2.05, 4.69) is 26.1 Å². The van der Waals surface area contributed by atoms with Crippen LogP contribution in [0.1, 0.15) is 16.1 Å². The van der Waals surface area contributed by atoms with Crippen LogP contribution in [0, 0.1) is 0 Å². The second-order valence-corrected chi connectivity index (χ2v) is 7.47. The highest BCUT2D eigenvalue weighted by Gasteiger charge is 2.14. The van der Waals surface area contributed by atoms with Crippen molar-refractivity contribution in [2.45, 2.75) is 10.9 Å². The van der Waals surface area contributed by atoms with Gasteiger partial charge < -0.3 is 20.4 Å². The predicted molar refractivity (Wildman–Crippen MR) is 105 cm³/mol. The molecular weight excluding hydrogens is 386 g/mol. The molecule has 0 fully saturated rings. The molecule has 3 N–H and O–H groups in total. The molecule has 10 heteroatoms. The van der Waals surface area contributed by atoms with Crippen LogP contribution in [0.15, 0.2) is 51.4 Å². The van der Waals surface area contributed by atoms with E-state index in [0.29, 0.717) is 26.5 Å². The number of hydrogen-bond donors (Lipinski definition) is 3. The molecule has 0 spiro atoms. The van der Waals surface area contributed by atoms with E-state index in [9.17, 15) is 9.59 Å². The standard InChI is InChI=1S/C17H17N5O3S2/c1-18-16-21-22-17(27-16)26-10-14(23)20-13-7-3-2-6-12(13)15(24)19-9-11-5-4-8-25-11/h2-8H,9-10H2,1H3,(H,18,21)(H,19,24)(H,20,23). The Kier molecular flexibility index (Phi) is 6.44. The Morgan fingerprint density at radius 1 is 1.19 bits per heavy atom. The fourth-order valence-electron chi connectivity index (χ4n) is 2.15. The van der Waals surface area contributed by atoms with Gasteiger partial charge in [0.1, 0.15) is 5.76 Å². The van der Waals surface area contributed by atoms with Gasteiger partial charge in [0.15, 0.2) is 4.34 Å². The molecule has 2 aromatic heterocycles. The predicted octanol–water partition coefficient (Wildman–Crippen LogP) is 2.83. The first-order chi connectivity index (χ1) is 13.2. The van der Waals surface area contributed by atoms with E-state index in [1.807, 2.05) is 0 Å². The Balaban J connectivity index is 1.57. The van der Waals surface area contributed by atoms with E-state index in [1.165, 1.54) is 23.1 Å². The minimum absolute atomic E-state index is 0.167. The summed E-state index contributed by atoms with van der Waals surface area (Å²) in [5.74, 6) is 0.297. The monoisotopic (exact) mass is 403 g/mol. The Morgan fingerprint density at radius 2 is 2.04 bits per heavy atom. The summed E-state index contributed by atoms with van der Waals surface area (Å²) in [7, 11) is 1.76. The molecule has 0 saturated carbocycles. The number of nitrogens with one attached hydrogen (secondary N) is 3. The number of para-hydroxylation sites is 1. The van der Waals surface area contributed by atoms with Gasteiger partial charge in [-0.05, 0) is 24.3 Å². The summed E-state index contributed by atoms with van der Waals surface area (Å²) in [6.07, 6.45) is 1.55. The highest BCUT2D eigenvalue weighted by Crippen LogP contribution is 2.25. The van der Waals surface area contributed by atoms with Gasteiger partial charge in [-0.15, -0.1) is 10.2 Å². The van der Waals surface area contributed by atoms with Crippen LogP contribution in [-0.2, 0) is 11.3 Å². The minimum atomic E-state index is -0.294. The first kappa shape index (κ1) is 18.9. The van der Waals surface area contributed by atoms with Gasteiger partial charge in [-0.1, -0.05) is 35.2 Å². The lowest BCUT2D eigenvalue weighted by Crippen LogP contribution is -2.25. The lowest BCUT2D eigenvalue weighted by Gasteiger charge is -2.10. The average Bonchev–Trinajstić information content (AvgIpc) is 3.36. The maximum Gasteiger partial charge on any atom is 0.253 e. The van der Waals surface area contributed by atoms with E-state index >= 15 is 0 Å². The first-order valence-corrected chi connectivity index (χ1v) is 9.79. The van der Waals surface area contributed by atoms with Gasteiger partial charge in [-0.3, -0.25) is 9.59 Å². The van der Waals surface area contributed by atoms with E-state index in [4.69, 9.17) is 4.42 Å². The zero-order chi connectivity index (χ0) is 19.1. The molecule has 0 radical (unpaired) electrons. The molecule has 140 valence electrons. The maximum atomic E-state index is 12.4. The number of anilines is 2. The van der Waals surface area contributed by atoms with E-state index in [1.54, 1.807) is 49.7 Å². The molecule has 2 amide bonds. The third kappa shape index (κ3) is 5.31. The topological polar surface area (TPSA) is 109 Å². The highest BCUT2D eigenvalue weighted by molar-refractivity contribution is 8.01. The van der Waals surface area contributed by atoms with Crippen LogP contribution < -0.4 is 16.0 Å². The van der Waals surface area contributed by atoms with Gasteiger partial charge >= 0.3 is 0 Å². The van der Waals surface area contributed by atoms with Gasteiger partial charge in [0.2, 0.25) is 11.0 Å². The van der Waals surface area contributed by atoms with Crippen molar-refractivity contribution in [2.24, 2.45) is 0 Å². The molecule has 3 aromatic rings. The van der Waals surface area contributed by atoms with Crippen molar-refractivity contribution in [2.75, 3.05) is 23.4 Å². The van der Waals surface area contributed by atoms with Crippen LogP contribution in [0.25, 0.3) is 0 Å². The molecule has 3 rings (SSSR count). The fourth-order valence-corrected chi connectivity index (χ4v) is 3.65. The summed E-state index contributed by atoms with van der Waals surface area (Å²) in [6, 6.07) is 10.4. The van der Waals surface area contributed by atoms with Crippen LogP contribution in [0.3, 0.4) is 0 Å². The molecule has 0 saturated heterocycles. The third-order valence-corrected chi connectivity index (χ3v) is 5.47. The molecule has 0 unspecified atom stereocenters. The summed E-state index contributed by atoms with van der Waals surface area (Å²) in [4.78, 5) is 24.7. The van der Waals surface area contributed by atoms with Crippen molar-refractivity contribution in [3.63, 3.8) is 0 Å². The molecule has 2 heterocycles. The number of nitrogens with zero attached hydrogens (tertiary/aromatic N) is 2. The second-order valence-electron chi connectivity index (χ2n) is 5.27. The second kappa shape index (κ2) is 9.19. The van der Waals surface area contributed by atoms with Gasteiger partial charge in [-0.25, -0.2) is 0 Å². The molecule has 0 atom stereocenters. The largest absolute Gasteiger partial charge is 0.467 e. The third-order valence-electron chi connectivity index (χ3n) is 3.40. The zero-order valence-corrected chi connectivity index (χ0v) is 16.0. The molecule has 0 aliphatic heterocycles. The lowest BCUT2D eigenvalue weighted by molar-refractivity contribution is -0.113. The molecule has 8 nitrogen and oxygen atoms in total. The number of hydrogen-bond acceptors (Lipinski definition) is 8. The van der Waals surface area contributed by atoms with Gasteiger partial charge in [0, 0.05) is 7.05 Å². The number of aromatic nitrogens is 2. The number of rotatable bonds is 8. The summed E-state index contributed by atoms with van der Waals surface area (Å²) in [5.41, 5.74) is 0.837. The first-order valence-electron chi connectivity index (χ1n) is 7.99. The number of benzene rings is 1. The van der Waals surface area contributed by atoms with E-state index in [-0.39, 0.29) is 24.1 Å². The summed E-state index contributed by atoms with van der Waals surface area (Å²) >= 11 is 2.66. The Labute approximate surface area is 163 Å². The van der Waals surface area contributed by atoms with Crippen molar-refractivity contribution in [3.8, 4) is 0 Å². The van der Waals surface area contributed by atoms with Crippen molar-refractivity contribution in [3.05, 3.63) is 54.0 Å². The normalized spacial score (nSPS) is 10.4. The van der Waals surface area contributed by atoms with Gasteiger partial charge in [0.05, 0.1) is 29.8 Å². The molecule has 1 aromatic carbocycles. The minimum Gasteiger partial charge on any atom is -0.467 e. The van der Waals surface area contributed by atoms with Crippen LogP contribution in [0.4, 0.5) is 10.8 Å². The number of amides is 2. The molecular formula is C17H17N5O3S2. The van der Waals surface area contributed by atoms with Crippen molar-refractivity contribution >= 4 is 45.7 Å². The maximum absolute atomic E-state index is 12.4. The van der Waals surface area contributed by atoms with Gasteiger partial charge in [-0.2, -0.15) is 0 Å². The lowest BCUT2D eigenvalue weighted by atomic mass is 10.1. The summed E-state index contributed by atoms with van der Waals surface area (Å²) in [6.45, 7) is 0.273.